The van der Waals surface area contributed by atoms with Crippen molar-refractivity contribution in [1.29, 1.82) is 0 Å². The van der Waals surface area contributed by atoms with Crippen molar-refractivity contribution in [2.45, 2.75) is 6.42 Å². The van der Waals surface area contributed by atoms with Crippen molar-refractivity contribution < 1.29 is 9.47 Å². The molecule has 2 aromatic rings. The van der Waals surface area contributed by atoms with Crippen LogP contribution in [0.5, 0.6) is 11.5 Å². The molecule has 20 heavy (non-hydrogen) atoms. The average molecular weight is 275 g/mol. The maximum absolute atomic E-state index is 5.63. The summed E-state index contributed by atoms with van der Waals surface area (Å²) in [6.07, 6.45) is 4.70. The minimum atomic E-state index is 0.646. The Morgan fingerprint density at radius 3 is 2.55 bits per heavy atom. The zero-order valence-electron chi connectivity index (χ0n) is 12.0. The minimum absolute atomic E-state index is 0.646. The van der Waals surface area contributed by atoms with Crippen LogP contribution in [0.1, 0.15) is 5.82 Å². The van der Waals surface area contributed by atoms with Gasteiger partial charge in [-0.1, -0.05) is 0 Å². The monoisotopic (exact) mass is 275 g/mol. The van der Waals surface area contributed by atoms with Gasteiger partial charge in [0.15, 0.2) is 0 Å². The number of hydrogen-bond donors (Lipinski definition) is 1. The van der Waals surface area contributed by atoms with Crippen LogP contribution in [0.2, 0.25) is 0 Å². The molecule has 108 valence electrons. The Morgan fingerprint density at radius 2 is 1.90 bits per heavy atom. The summed E-state index contributed by atoms with van der Waals surface area (Å²) in [5.74, 6) is 2.79. The van der Waals surface area contributed by atoms with Crippen LogP contribution in [0.3, 0.4) is 0 Å². The minimum Gasteiger partial charge on any atom is -0.497 e. The molecule has 0 aliphatic heterocycles. The van der Waals surface area contributed by atoms with Gasteiger partial charge in [0.05, 0.1) is 7.11 Å². The highest BCUT2D eigenvalue weighted by Crippen LogP contribution is 2.16. The van der Waals surface area contributed by atoms with Gasteiger partial charge >= 0.3 is 0 Å². The van der Waals surface area contributed by atoms with Crippen molar-refractivity contribution in [2.24, 2.45) is 7.05 Å². The third-order valence-electron chi connectivity index (χ3n) is 3.05. The summed E-state index contributed by atoms with van der Waals surface area (Å²) in [5, 5.41) is 3.34. The first-order valence-electron chi connectivity index (χ1n) is 6.73. The third kappa shape index (κ3) is 4.28. The molecule has 0 fully saturated rings. The Balaban J connectivity index is 1.58. The molecule has 0 spiro atoms. The first kappa shape index (κ1) is 14.4. The van der Waals surface area contributed by atoms with Gasteiger partial charge in [-0.2, -0.15) is 0 Å². The Morgan fingerprint density at radius 1 is 1.15 bits per heavy atom. The maximum Gasteiger partial charge on any atom is 0.119 e. The standard InChI is InChI=1S/C15H21N3O2/c1-18-11-9-17-15(18)7-8-16-10-12-20-14-5-3-13(19-2)4-6-14/h3-6,9,11,16H,7-8,10,12H2,1-2H3. The lowest BCUT2D eigenvalue weighted by Crippen LogP contribution is -2.24. The zero-order valence-corrected chi connectivity index (χ0v) is 12.0. The number of aromatic nitrogens is 2. The maximum atomic E-state index is 5.63. The van der Waals surface area contributed by atoms with Crippen molar-refractivity contribution >= 4 is 0 Å². The highest BCUT2D eigenvalue weighted by molar-refractivity contribution is 5.31. The predicted molar refractivity (Wildman–Crippen MR) is 78.3 cm³/mol. The summed E-state index contributed by atoms with van der Waals surface area (Å²) in [6, 6.07) is 7.60. The second kappa shape index (κ2) is 7.55. The van der Waals surface area contributed by atoms with Crippen molar-refractivity contribution in [2.75, 3.05) is 26.8 Å². The van der Waals surface area contributed by atoms with Gasteiger partial charge in [0.2, 0.25) is 0 Å². The van der Waals surface area contributed by atoms with Gasteiger partial charge in [-0.25, -0.2) is 4.98 Å². The number of nitrogens with zero attached hydrogens (tertiary/aromatic N) is 2. The molecule has 1 aromatic carbocycles. The summed E-state index contributed by atoms with van der Waals surface area (Å²) < 4.78 is 12.8. The molecule has 1 N–H and O–H groups in total. The van der Waals surface area contributed by atoms with Crippen LogP contribution in [-0.4, -0.2) is 36.4 Å². The lowest BCUT2D eigenvalue weighted by atomic mass is 10.3. The molecule has 1 aromatic heterocycles. The lowest BCUT2D eigenvalue weighted by molar-refractivity contribution is 0.313. The average Bonchev–Trinajstić information content (AvgIpc) is 2.89. The molecular weight excluding hydrogens is 254 g/mol. The van der Waals surface area contributed by atoms with E-state index in [1.165, 1.54) is 0 Å². The number of aryl methyl sites for hydroxylation is 1. The van der Waals surface area contributed by atoms with Gasteiger partial charge in [-0.05, 0) is 24.3 Å². The fourth-order valence-electron chi connectivity index (χ4n) is 1.88. The van der Waals surface area contributed by atoms with Crippen LogP contribution in [0.15, 0.2) is 36.7 Å². The Bertz CT molecular complexity index is 508. The molecule has 1 heterocycles. The number of rotatable bonds is 8. The Hall–Kier alpha value is -2.01. The molecular formula is C15H21N3O2. The number of ether oxygens (including phenoxy) is 2. The van der Waals surface area contributed by atoms with E-state index < -0.39 is 0 Å². The summed E-state index contributed by atoms with van der Waals surface area (Å²) in [6.45, 7) is 2.36. The van der Waals surface area contributed by atoms with Crippen molar-refractivity contribution in [3.63, 3.8) is 0 Å². The fourth-order valence-corrected chi connectivity index (χ4v) is 1.88. The molecule has 2 rings (SSSR count). The summed E-state index contributed by atoms with van der Waals surface area (Å²) >= 11 is 0. The molecule has 0 saturated carbocycles. The summed E-state index contributed by atoms with van der Waals surface area (Å²) in [7, 11) is 3.66. The second-order valence-corrected chi connectivity index (χ2v) is 4.48. The lowest BCUT2D eigenvalue weighted by Gasteiger charge is -2.08. The largest absolute Gasteiger partial charge is 0.497 e. The van der Waals surface area contributed by atoms with E-state index in [-0.39, 0.29) is 0 Å². The van der Waals surface area contributed by atoms with E-state index >= 15 is 0 Å². The van der Waals surface area contributed by atoms with Gasteiger partial charge in [0.1, 0.15) is 23.9 Å². The van der Waals surface area contributed by atoms with E-state index in [1.54, 1.807) is 7.11 Å². The number of imidazole rings is 1. The number of methoxy groups -OCH3 is 1. The molecule has 5 heteroatoms. The molecule has 0 amide bonds. The van der Waals surface area contributed by atoms with Gasteiger partial charge in [0, 0.05) is 39.0 Å². The number of hydrogen-bond acceptors (Lipinski definition) is 4. The topological polar surface area (TPSA) is 48.3 Å². The van der Waals surface area contributed by atoms with E-state index in [0.717, 1.165) is 36.8 Å². The van der Waals surface area contributed by atoms with Crippen LogP contribution >= 0.6 is 0 Å². The second-order valence-electron chi connectivity index (χ2n) is 4.48. The van der Waals surface area contributed by atoms with Crippen LogP contribution in [0, 0.1) is 0 Å². The summed E-state index contributed by atoms with van der Waals surface area (Å²) in [5.41, 5.74) is 0. The van der Waals surface area contributed by atoms with Crippen LogP contribution in [0.25, 0.3) is 0 Å². The Kier molecular flexibility index (Phi) is 5.43. The van der Waals surface area contributed by atoms with Gasteiger partial charge in [-0.15, -0.1) is 0 Å². The van der Waals surface area contributed by atoms with Crippen molar-refractivity contribution in [3.05, 3.63) is 42.5 Å². The first-order valence-corrected chi connectivity index (χ1v) is 6.73. The van der Waals surface area contributed by atoms with E-state index in [1.807, 2.05) is 48.3 Å². The molecule has 5 nitrogen and oxygen atoms in total. The fraction of sp³-hybridized carbons (Fsp3) is 0.400. The van der Waals surface area contributed by atoms with E-state index in [4.69, 9.17) is 9.47 Å². The molecule has 0 radical (unpaired) electrons. The first-order chi connectivity index (χ1) is 9.79. The third-order valence-corrected chi connectivity index (χ3v) is 3.05. The quantitative estimate of drug-likeness (QED) is 0.744. The highest BCUT2D eigenvalue weighted by Gasteiger charge is 1.98. The van der Waals surface area contributed by atoms with E-state index in [2.05, 4.69) is 10.3 Å². The molecule has 0 atom stereocenters. The highest BCUT2D eigenvalue weighted by atomic mass is 16.5. The molecule has 0 bridgehead atoms. The summed E-state index contributed by atoms with van der Waals surface area (Å²) in [4.78, 5) is 4.28. The number of benzene rings is 1. The van der Waals surface area contributed by atoms with Gasteiger partial charge in [-0.3, -0.25) is 0 Å². The molecule has 0 aliphatic rings. The van der Waals surface area contributed by atoms with E-state index in [0.29, 0.717) is 6.61 Å². The van der Waals surface area contributed by atoms with Crippen LogP contribution in [0.4, 0.5) is 0 Å². The molecule has 0 aliphatic carbocycles. The normalized spacial score (nSPS) is 10.5. The Labute approximate surface area is 119 Å². The smallest absolute Gasteiger partial charge is 0.119 e. The zero-order chi connectivity index (χ0) is 14.2. The van der Waals surface area contributed by atoms with Crippen LogP contribution in [-0.2, 0) is 13.5 Å². The van der Waals surface area contributed by atoms with Crippen molar-refractivity contribution in [1.82, 2.24) is 14.9 Å². The molecule has 0 saturated heterocycles. The number of nitrogens with one attached hydrogen (secondary N) is 1. The van der Waals surface area contributed by atoms with Gasteiger partial charge < -0.3 is 19.4 Å². The van der Waals surface area contributed by atoms with E-state index in [9.17, 15) is 0 Å². The molecule has 0 unspecified atom stereocenters. The van der Waals surface area contributed by atoms with Crippen LogP contribution < -0.4 is 14.8 Å². The predicted octanol–water partition coefficient (Wildman–Crippen LogP) is 1.64. The van der Waals surface area contributed by atoms with Crippen molar-refractivity contribution in [3.8, 4) is 11.5 Å². The van der Waals surface area contributed by atoms with Gasteiger partial charge in [0.25, 0.3) is 0 Å². The SMILES string of the molecule is COc1ccc(OCCNCCc2nccn2C)cc1.